The number of nitrogens with zero attached hydrogens (tertiary/aromatic N) is 2. The maximum Gasteiger partial charge on any atom is 0.183 e. The first-order valence-corrected chi connectivity index (χ1v) is 11.1. The Labute approximate surface area is 165 Å². The molecule has 0 bridgehead atoms. The standard InChI is InChI=1S/C23H22N2O2S/c1-16-4-2-5-17(10-16)13-25-14-21-20-11-18(19-6-3-9-24-12-19)7-8-22(20)28(26,27)23(21)15-25/h2-12,21,23H,13-15H2,1H3/t21-,23-/m0/s1. The van der Waals surface area contributed by atoms with Crippen LogP contribution in [0.25, 0.3) is 11.1 Å². The van der Waals surface area contributed by atoms with Crippen LogP contribution in [0.5, 0.6) is 0 Å². The Balaban J connectivity index is 1.47. The van der Waals surface area contributed by atoms with Crippen LogP contribution in [-0.2, 0) is 16.4 Å². The summed E-state index contributed by atoms with van der Waals surface area (Å²) in [6.45, 7) is 4.25. The van der Waals surface area contributed by atoms with Crippen molar-refractivity contribution in [3.8, 4) is 11.1 Å². The molecule has 0 aliphatic carbocycles. The van der Waals surface area contributed by atoms with E-state index in [0.29, 0.717) is 11.4 Å². The first kappa shape index (κ1) is 17.6. The van der Waals surface area contributed by atoms with Gasteiger partial charge in [-0.2, -0.15) is 0 Å². The fourth-order valence-corrected chi connectivity index (χ4v) is 6.83. The van der Waals surface area contributed by atoms with E-state index in [-0.39, 0.29) is 11.2 Å². The van der Waals surface area contributed by atoms with Crippen LogP contribution >= 0.6 is 0 Å². The first-order valence-electron chi connectivity index (χ1n) is 9.58. The van der Waals surface area contributed by atoms with Crippen LogP contribution < -0.4 is 0 Å². The molecule has 3 heterocycles. The molecule has 0 N–H and O–H groups in total. The van der Waals surface area contributed by atoms with E-state index in [9.17, 15) is 8.42 Å². The SMILES string of the molecule is Cc1cccc(CN2C[C@H]3c4cc(-c5cccnc5)ccc4S(=O)(=O)[C@H]3C2)c1. The van der Waals surface area contributed by atoms with Crippen molar-refractivity contribution in [3.05, 3.63) is 83.7 Å². The van der Waals surface area contributed by atoms with E-state index in [1.54, 1.807) is 12.3 Å². The van der Waals surface area contributed by atoms with Crippen molar-refractivity contribution >= 4 is 9.84 Å². The second-order valence-corrected chi connectivity index (χ2v) is 10.0. The average Bonchev–Trinajstić information content (AvgIpc) is 3.20. The normalized spacial score (nSPS) is 22.8. The lowest BCUT2D eigenvalue weighted by Crippen LogP contribution is -2.25. The molecule has 0 unspecified atom stereocenters. The Hall–Kier alpha value is -2.50. The predicted octanol–water partition coefficient (Wildman–Crippen LogP) is 3.81. The van der Waals surface area contributed by atoms with Gasteiger partial charge in [0.2, 0.25) is 0 Å². The van der Waals surface area contributed by atoms with E-state index in [4.69, 9.17) is 0 Å². The molecule has 3 aromatic rings. The van der Waals surface area contributed by atoms with Crippen molar-refractivity contribution in [2.24, 2.45) is 0 Å². The fraction of sp³-hybridized carbons (Fsp3) is 0.261. The molecule has 1 saturated heterocycles. The van der Waals surface area contributed by atoms with E-state index in [2.05, 4.69) is 47.1 Å². The van der Waals surface area contributed by atoms with E-state index in [1.807, 2.05) is 24.4 Å². The predicted molar refractivity (Wildman–Crippen MR) is 110 cm³/mol. The van der Waals surface area contributed by atoms with Gasteiger partial charge < -0.3 is 0 Å². The van der Waals surface area contributed by atoms with E-state index >= 15 is 0 Å². The third kappa shape index (κ3) is 2.86. The zero-order chi connectivity index (χ0) is 19.3. The molecule has 2 atom stereocenters. The quantitative estimate of drug-likeness (QED) is 0.682. The molecule has 1 fully saturated rings. The summed E-state index contributed by atoms with van der Waals surface area (Å²) in [5.74, 6) is 0.0430. The van der Waals surface area contributed by atoms with Gasteiger partial charge in [0, 0.05) is 37.9 Å². The van der Waals surface area contributed by atoms with E-state index in [1.165, 1.54) is 11.1 Å². The number of aryl methyl sites for hydroxylation is 1. The molecule has 142 valence electrons. The number of hydrogen-bond acceptors (Lipinski definition) is 4. The van der Waals surface area contributed by atoms with Crippen molar-refractivity contribution in [2.45, 2.75) is 29.5 Å². The molecule has 2 aliphatic heterocycles. The molecule has 5 rings (SSSR count). The first-order chi connectivity index (χ1) is 13.5. The lowest BCUT2D eigenvalue weighted by atomic mass is 9.95. The van der Waals surface area contributed by atoms with Crippen molar-refractivity contribution < 1.29 is 8.42 Å². The van der Waals surface area contributed by atoms with Crippen LogP contribution in [0.2, 0.25) is 0 Å². The Morgan fingerprint density at radius 3 is 2.71 bits per heavy atom. The Morgan fingerprint density at radius 1 is 1.04 bits per heavy atom. The number of sulfone groups is 1. The summed E-state index contributed by atoms with van der Waals surface area (Å²) in [5, 5.41) is -0.337. The lowest BCUT2D eigenvalue weighted by Gasteiger charge is -2.18. The second kappa shape index (κ2) is 6.54. The van der Waals surface area contributed by atoms with Crippen LogP contribution in [-0.4, -0.2) is 36.6 Å². The summed E-state index contributed by atoms with van der Waals surface area (Å²) in [6.07, 6.45) is 3.57. The molecule has 5 heteroatoms. The molecule has 2 aliphatic rings. The summed E-state index contributed by atoms with van der Waals surface area (Å²) in [7, 11) is -3.27. The molecule has 4 nitrogen and oxygen atoms in total. The second-order valence-electron chi connectivity index (χ2n) is 7.87. The number of rotatable bonds is 3. The summed E-state index contributed by atoms with van der Waals surface area (Å²) in [5.41, 5.74) is 5.48. The molecule has 0 spiro atoms. The number of pyridine rings is 1. The summed E-state index contributed by atoms with van der Waals surface area (Å²) >= 11 is 0. The monoisotopic (exact) mass is 390 g/mol. The van der Waals surface area contributed by atoms with Crippen molar-refractivity contribution in [1.82, 2.24) is 9.88 Å². The lowest BCUT2D eigenvalue weighted by molar-refractivity contribution is 0.325. The molecule has 0 radical (unpaired) electrons. The number of likely N-dealkylation sites (tertiary alicyclic amines) is 1. The average molecular weight is 391 g/mol. The molecule has 0 amide bonds. The van der Waals surface area contributed by atoms with Crippen molar-refractivity contribution in [1.29, 1.82) is 0 Å². The largest absolute Gasteiger partial charge is 0.297 e. The molecular formula is C23H22N2O2S. The number of hydrogen-bond donors (Lipinski definition) is 0. The van der Waals surface area contributed by atoms with Gasteiger partial charge in [0.15, 0.2) is 9.84 Å². The van der Waals surface area contributed by atoms with Gasteiger partial charge in [-0.3, -0.25) is 9.88 Å². The summed E-state index contributed by atoms with van der Waals surface area (Å²) < 4.78 is 26.3. The molecular weight excluding hydrogens is 368 g/mol. The maximum atomic E-state index is 13.1. The highest BCUT2D eigenvalue weighted by Gasteiger charge is 2.50. The zero-order valence-corrected chi connectivity index (χ0v) is 16.6. The van der Waals surface area contributed by atoms with Gasteiger partial charge in [0.25, 0.3) is 0 Å². The summed E-state index contributed by atoms with van der Waals surface area (Å²) in [6, 6.07) is 18.1. The van der Waals surface area contributed by atoms with Gasteiger partial charge in [-0.25, -0.2) is 8.42 Å². The summed E-state index contributed by atoms with van der Waals surface area (Å²) in [4.78, 5) is 6.99. The van der Waals surface area contributed by atoms with Crippen molar-refractivity contribution in [3.63, 3.8) is 0 Å². The number of fused-ring (bicyclic) bond motifs is 3. The van der Waals surface area contributed by atoms with Crippen molar-refractivity contribution in [2.75, 3.05) is 13.1 Å². The number of benzene rings is 2. The molecule has 2 aromatic carbocycles. The Bertz CT molecular complexity index is 1140. The van der Waals surface area contributed by atoms with E-state index in [0.717, 1.165) is 29.8 Å². The smallest absolute Gasteiger partial charge is 0.183 e. The minimum Gasteiger partial charge on any atom is -0.297 e. The van der Waals surface area contributed by atoms with Gasteiger partial charge in [-0.05, 0) is 47.4 Å². The number of aromatic nitrogens is 1. The van der Waals surface area contributed by atoms with Gasteiger partial charge in [0.05, 0.1) is 10.1 Å². The highest BCUT2D eigenvalue weighted by atomic mass is 32.2. The molecule has 1 aromatic heterocycles. The topological polar surface area (TPSA) is 50.3 Å². The van der Waals surface area contributed by atoms with Gasteiger partial charge in [-0.1, -0.05) is 42.0 Å². The Kier molecular flexibility index (Phi) is 4.11. The third-order valence-electron chi connectivity index (χ3n) is 5.94. The highest BCUT2D eigenvalue weighted by Crippen LogP contribution is 2.46. The van der Waals surface area contributed by atoms with Crippen LogP contribution in [0, 0.1) is 6.92 Å². The fourth-order valence-electron chi connectivity index (χ4n) is 4.64. The zero-order valence-electron chi connectivity index (χ0n) is 15.7. The minimum absolute atomic E-state index is 0.0430. The van der Waals surface area contributed by atoms with Crippen LogP contribution in [0.3, 0.4) is 0 Å². The van der Waals surface area contributed by atoms with E-state index < -0.39 is 9.84 Å². The molecule has 28 heavy (non-hydrogen) atoms. The van der Waals surface area contributed by atoms with Gasteiger partial charge in [0.1, 0.15) is 0 Å². The highest BCUT2D eigenvalue weighted by molar-refractivity contribution is 7.92. The van der Waals surface area contributed by atoms with Gasteiger partial charge >= 0.3 is 0 Å². The third-order valence-corrected chi connectivity index (χ3v) is 8.20. The van der Waals surface area contributed by atoms with Crippen LogP contribution in [0.1, 0.15) is 22.6 Å². The maximum absolute atomic E-state index is 13.1. The van der Waals surface area contributed by atoms with Crippen LogP contribution in [0.4, 0.5) is 0 Å². The van der Waals surface area contributed by atoms with Crippen LogP contribution in [0.15, 0.2) is 71.9 Å². The minimum atomic E-state index is -3.27. The molecule has 0 saturated carbocycles. The van der Waals surface area contributed by atoms with Gasteiger partial charge in [-0.15, -0.1) is 0 Å². The Morgan fingerprint density at radius 2 is 1.93 bits per heavy atom.